The molecule has 3 aromatic rings. The summed E-state index contributed by atoms with van der Waals surface area (Å²) in [5.41, 5.74) is -0.758. The number of hydrogen-bond acceptors (Lipinski definition) is 10. The lowest BCUT2D eigenvalue weighted by atomic mass is 10.2. The van der Waals surface area contributed by atoms with Gasteiger partial charge in [0.1, 0.15) is 21.7 Å². The van der Waals surface area contributed by atoms with E-state index in [0.717, 1.165) is 0 Å². The van der Waals surface area contributed by atoms with E-state index in [-0.39, 0.29) is 53.2 Å². The summed E-state index contributed by atoms with van der Waals surface area (Å²) in [5.74, 6) is -1.31. The number of nitrogens with one attached hydrogen (secondary N) is 3. The molecule has 0 aliphatic rings. The van der Waals surface area contributed by atoms with Crippen molar-refractivity contribution in [3.05, 3.63) is 56.9 Å². The fourth-order valence-corrected chi connectivity index (χ4v) is 5.89. The maximum Gasteiger partial charge on any atom is 0.421 e. The van der Waals surface area contributed by atoms with Crippen LogP contribution in [0.1, 0.15) is 35.5 Å². The van der Waals surface area contributed by atoms with Crippen molar-refractivity contribution in [1.82, 2.24) is 20.3 Å². The van der Waals surface area contributed by atoms with Gasteiger partial charge in [0, 0.05) is 18.3 Å². The van der Waals surface area contributed by atoms with Gasteiger partial charge < -0.3 is 29.7 Å². The molecule has 2 aromatic heterocycles. The number of amides is 1. The lowest BCUT2D eigenvalue weighted by molar-refractivity contribution is -0.137. The molecule has 1 aromatic carbocycles. The molecule has 0 aliphatic carbocycles. The van der Waals surface area contributed by atoms with Crippen LogP contribution in [0.2, 0.25) is 5.02 Å². The molecule has 3 rings (SSSR count). The van der Waals surface area contributed by atoms with Gasteiger partial charge in [-0.15, -0.1) is 0 Å². The van der Waals surface area contributed by atoms with Crippen molar-refractivity contribution in [3.63, 3.8) is 0 Å². The topological polar surface area (TPSA) is 137 Å². The summed E-state index contributed by atoms with van der Waals surface area (Å²) < 4.78 is 70.9. The predicted octanol–water partition coefficient (Wildman–Crippen LogP) is 6.93. The molecule has 0 saturated carbocycles. The minimum absolute atomic E-state index is 0.0271. The summed E-state index contributed by atoms with van der Waals surface area (Å²) in [5, 5.41) is 7.88. The van der Waals surface area contributed by atoms with Crippen LogP contribution in [0.5, 0.6) is 5.75 Å². The minimum atomic E-state index is -4.82. The standard InChI is InChI=1S/C24H26BrClF3N6O5P/c1-5-39-41(37,40-6-2)12-13-9-18(38-4)17(10-15(13)26)33-23-31-11-14(24(27,28)29)21(35-23)32-16-7-8-19(25)34-20(16)22(36)30-3/h7-11H,5-6,12H2,1-4H3,(H,30,36)(H2,31,32,33,35). The molecule has 222 valence electrons. The van der Waals surface area contributed by atoms with Crippen LogP contribution in [0.3, 0.4) is 0 Å². The van der Waals surface area contributed by atoms with Gasteiger partial charge in [0.25, 0.3) is 5.91 Å². The van der Waals surface area contributed by atoms with Crippen molar-refractivity contribution >= 4 is 64.2 Å². The number of methoxy groups -OCH3 is 1. The number of ether oxygens (including phenoxy) is 1. The summed E-state index contributed by atoms with van der Waals surface area (Å²) in [6.45, 7) is 3.68. The van der Waals surface area contributed by atoms with Crippen molar-refractivity contribution in [2.24, 2.45) is 0 Å². The molecule has 2 heterocycles. The number of benzene rings is 1. The third kappa shape index (κ3) is 8.29. The number of nitrogens with zero attached hydrogens (tertiary/aromatic N) is 3. The van der Waals surface area contributed by atoms with Crippen LogP contribution >= 0.6 is 35.1 Å². The smallest absolute Gasteiger partial charge is 0.421 e. The highest BCUT2D eigenvalue weighted by Gasteiger charge is 2.36. The molecule has 0 spiro atoms. The number of rotatable bonds is 12. The number of alkyl halides is 3. The average Bonchev–Trinajstić information content (AvgIpc) is 2.90. The summed E-state index contributed by atoms with van der Waals surface area (Å²) in [7, 11) is -0.770. The molecular weight excluding hydrogens is 656 g/mol. The SMILES string of the molecule is CCOP(=O)(Cc1cc(OC)c(Nc2ncc(C(F)(F)F)c(Nc3ccc(Br)nc3C(=O)NC)n2)cc1Cl)OCC. The van der Waals surface area contributed by atoms with E-state index in [4.69, 9.17) is 25.4 Å². The number of anilines is 4. The van der Waals surface area contributed by atoms with Crippen LogP contribution in [0.4, 0.5) is 36.3 Å². The summed E-state index contributed by atoms with van der Waals surface area (Å²) in [6.07, 6.45) is -4.37. The molecule has 0 bridgehead atoms. The average molecular weight is 682 g/mol. The van der Waals surface area contributed by atoms with Gasteiger partial charge in [-0.25, -0.2) is 9.97 Å². The lowest BCUT2D eigenvalue weighted by Crippen LogP contribution is -2.21. The molecule has 3 N–H and O–H groups in total. The first-order valence-electron chi connectivity index (χ1n) is 12.0. The number of hydrogen-bond donors (Lipinski definition) is 3. The third-order valence-corrected chi connectivity index (χ3v) is 8.11. The Morgan fingerprint density at radius 3 is 2.37 bits per heavy atom. The van der Waals surface area contributed by atoms with Crippen molar-refractivity contribution in [3.8, 4) is 5.75 Å². The van der Waals surface area contributed by atoms with Crippen LogP contribution in [0.25, 0.3) is 0 Å². The summed E-state index contributed by atoms with van der Waals surface area (Å²) in [6, 6.07) is 5.75. The number of carbonyl (C=O) groups excluding carboxylic acids is 1. The Balaban J connectivity index is 2.01. The largest absolute Gasteiger partial charge is 0.495 e. The molecule has 41 heavy (non-hydrogen) atoms. The number of aromatic nitrogens is 3. The molecule has 0 fully saturated rings. The Kier molecular flexibility index (Phi) is 11.0. The molecule has 1 amide bonds. The van der Waals surface area contributed by atoms with Gasteiger partial charge in [-0.05, 0) is 59.6 Å². The number of carbonyl (C=O) groups is 1. The number of halogens is 5. The molecule has 0 unspecified atom stereocenters. The van der Waals surface area contributed by atoms with Crippen molar-refractivity contribution in [2.75, 3.05) is 38.0 Å². The van der Waals surface area contributed by atoms with Gasteiger partial charge in [-0.1, -0.05) is 11.6 Å². The molecule has 0 aliphatic heterocycles. The molecule has 0 saturated heterocycles. The van der Waals surface area contributed by atoms with E-state index in [1.165, 1.54) is 38.4 Å². The van der Waals surface area contributed by atoms with E-state index in [2.05, 4.69) is 46.8 Å². The van der Waals surface area contributed by atoms with Crippen molar-refractivity contribution in [1.29, 1.82) is 0 Å². The fraction of sp³-hybridized carbons (Fsp3) is 0.333. The van der Waals surface area contributed by atoms with Gasteiger partial charge >= 0.3 is 13.8 Å². The highest BCUT2D eigenvalue weighted by molar-refractivity contribution is 9.10. The lowest BCUT2D eigenvalue weighted by Gasteiger charge is -2.19. The molecule has 0 radical (unpaired) electrons. The minimum Gasteiger partial charge on any atom is -0.495 e. The second-order valence-corrected chi connectivity index (χ2v) is 11.3. The first-order valence-corrected chi connectivity index (χ1v) is 14.8. The first kappa shape index (κ1) is 32.5. The van der Waals surface area contributed by atoms with E-state index in [1.54, 1.807) is 13.8 Å². The molecule has 11 nitrogen and oxygen atoms in total. The van der Waals surface area contributed by atoms with E-state index >= 15 is 0 Å². The Morgan fingerprint density at radius 2 is 1.78 bits per heavy atom. The van der Waals surface area contributed by atoms with Crippen LogP contribution < -0.4 is 20.7 Å². The Labute approximate surface area is 247 Å². The van der Waals surface area contributed by atoms with Crippen LogP contribution in [-0.4, -0.2) is 48.2 Å². The second-order valence-electron chi connectivity index (χ2n) is 8.06. The van der Waals surface area contributed by atoms with Crippen molar-refractivity contribution in [2.45, 2.75) is 26.2 Å². The van der Waals surface area contributed by atoms with Crippen molar-refractivity contribution < 1.29 is 36.3 Å². The fourth-order valence-electron chi connectivity index (χ4n) is 3.53. The van der Waals surface area contributed by atoms with Crippen LogP contribution in [0, 0.1) is 0 Å². The maximum atomic E-state index is 13.8. The second kappa shape index (κ2) is 13.8. The molecule has 17 heteroatoms. The van der Waals surface area contributed by atoms with Gasteiger partial charge in [0.15, 0.2) is 5.69 Å². The third-order valence-electron chi connectivity index (χ3n) is 5.28. The number of pyridine rings is 1. The van der Waals surface area contributed by atoms with E-state index in [1.807, 2.05) is 0 Å². The predicted molar refractivity (Wildman–Crippen MR) is 151 cm³/mol. The molecular formula is C24H26BrClF3N6O5P. The maximum absolute atomic E-state index is 13.8. The van der Waals surface area contributed by atoms with E-state index in [9.17, 15) is 22.5 Å². The summed E-state index contributed by atoms with van der Waals surface area (Å²) >= 11 is 9.59. The van der Waals surface area contributed by atoms with Gasteiger partial charge in [0.05, 0.1) is 37.9 Å². The highest BCUT2D eigenvalue weighted by atomic mass is 79.9. The van der Waals surface area contributed by atoms with Crippen LogP contribution in [-0.2, 0) is 26.0 Å². The zero-order valence-corrected chi connectivity index (χ0v) is 25.5. The highest BCUT2D eigenvalue weighted by Crippen LogP contribution is 2.53. The molecule has 0 atom stereocenters. The van der Waals surface area contributed by atoms with Gasteiger partial charge in [-0.3, -0.25) is 9.36 Å². The Morgan fingerprint density at radius 1 is 1.10 bits per heavy atom. The normalized spacial score (nSPS) is 11.7. The monoisotopic (exact) mass is 680 g/mol. The van der Waals surface area contributed by atoms with Gasteiger partial charge in [0.2, 0.25) is 5.95 Å². The Hall–Kier alpha value is -2.97. The van der Waals surface area contributed by atoms with Gasteiger partial charge in [-0.2, -0.15) is 18.2 Å². The van der Waals surface area contributed by atoms with Crippen LogP contribution in [0.15, 0.2) is 35.1 Å². The Bertz CT molecular complexity index is 1460. The zero-order chi connectivity index (χ0) is 30.4. The summed E-state index contributed by atoms with van der Waals surface area (Å²) in [4.78, 5) is 24.1. The zero-order valence-electron chi connectivity index (χ0n) is 22.2. The first-order chi connectivity index (χ1) is 19.3. The van der Waals surface area contributed by atoms with E-state index in [0.29, 0.717) is 16.4 Å². The quantitative estimate of drug-likeness (QED) is 0.136. The van der Waals surface area contributed by atoms with E-state index < -0.39 is 31.1 Å².